The Morgan fingerprint density at radius 1 is 1.23 bits per heavy atom. The van der Waals surface area contributed by atoms with Crippen molar-refractivity contribution in [3.05, 3.63) is 36.9 Å². The predicted octanol–water partition coefficient (Wildman–Crippen LogP) is 2.35. The standard InChI is InChI=1S/C10H9NO2/c1-12-9-4-2-8(3-5-9)10-6-13-7-11-10/h2-7H,1H3. The molecular formula is C10H9NO2. The molecule has 0 saturated heterocycles. The van der Waals surface area contributed by atoms with Crippen LogP contribution in [0.3, 0.4) is 0 Å². The number of ether oxygens (including phenoxy) is 1. The molecule has 2 rings (SSSR count). The molecule has 2 aromatic rings. The molecular weight excluding hydrogens is 166 g/mol. The van der Waals surface area contributed by atoms with Crippen LogP contribution in [0, 0.1) is 0 Å². The lowest BCUT2D eigenvalue weighted by atomic mass is 10.2. The molecule has 0 spiro atoms. The third-order valence-electron chi connectivity index (χ3n) is 1.82. The number of benzene rings is 1. The summed E-state index contributed by atoms with van der Waals surface area (Å²) in [6.07, 6.45) is 3.03. The summed E-state index contributed by atoms with van der Waals surface area (Å²) in [6.45, 7) is 0. The molecule has 0 aliphatic heterocycles. The average molecular weight is 175 g/mol. The van der Waals surface area contributed by atoms with Crippen molar-refractivity contribution in [1.82, 2.24) is 4.98 Å². The molecule has 3 nitrogen and oxygen atoms in total. The second-order valence-corrected chi connectivity index (χ2v) is 2.60. The van der Waals surface area contributed by atoms with Gasteiger partial charge in [0.1, 0.15) is 17.7 Å². The van der Waals surface area contributed by atoms with Gasteiger partial charge >= 0.3 is 0 Å². The highest BCUT2D eigenvalue weighted by molar-refractivity contribution is 5.58. The van der Waals surface area contributed by atoms with Crippen molar-refractivity contribution in [1.29, 1.82) is 0 Å². The van der Waals surface area contributed by atoms with E-state index in [0.29, 0.717) is 0 Å². The van der Waals surface area contributed by atoms with Crippen molar-refractivity contribution in [2.45, 2.75) is 0 Å². The second kappa shape index (κ2) is 3.31. The van der Waals surface area contributed by atoms with Crippen LogP contribution in [0.4, 0.5) is 0 Å². The van der Waals surface area contributed by atoms with Crippen molar-refractivity contribution in [3.8, 4) is 17.0 Å². The molecule has 66 valence electrons. The summed E-state index contributed by atoms with van der Waals surface area (Å²) >= 11 is 0. The molecule has 0 atom stereocenters. The van der Waals surface area contributed by atoms with Crippen LogP contribution in [0.15, 0.2) is 41.3 Å². The van der Waals surface area contributed by atoms with E-state index in [1.807, 2.05) is 24.3 Å². The molecule has 0 fully saturated rings. The van der Waals surface area contributed by atoms with Crippen molar-refractivity contribution >= 4 is 0 Å². The average Bonchev–Trinajstić information content (AvgIpc) is 2.71. The largest absolute Gasteiger partial charge is 0.497 e. The number of oxazole rings is 1. The monoisotopic (exact) mass is 175 g/mol. The minimum Gasteiger partial charge on any atom is -0.497 e. The van der Waals surface area contributed by atoms with Gasteiger partial charge < -0.3 is 9.15 Å². The van der Waals surface area contributed by atoms with Gasteiger partial charge in [0.15, 0.2) is 6.39 Å². The summed E-state index contributed by atoms with van der Waals surface area (Å²) in [7, 11) is 1.64. The van der Waals surface area contributed by atoms with Crippen LogP contribution in [-0.4, -0.2) is 12.1 Å². The first kappa shape index (κ1) is 7.86. The minimum atomic E-state index is 0.836. The number of hydrogen-bond donors (Lipinski definition) is 0. The number of methoxy groups -OCH3 is 1. The minimum absolute atomic E-state index is 0.836. The highest BCUT2D eigenvalue weighted by Crippen LogP contribution is 2.20. The maximum Gasteiger partial charge on any atom is 0.181 e. The molecule has 0 radical (unpaired) electrons. The SMILES string of the molecule is COc1ccc(-c2cocn2)cc1. The lowest BCUT2D eigenvalue weighted by Gasteiger charge is -1.99. The topological polar surface area (TPSA) is 35.3 Å². The Kier molecular flexibility index (Phi) is 2.00. The Bertz CT molecular complexity index is 364. The van der Waals surface area contributed by atoms with E-state index in [9.17, 15) is 0 Å². The van der Waals surface area contributed by atoms with E-state index in [1.165, 1.54) is 6.39 Å². The number of rotatable bonds is 2. The highest BCUT2D eigenvalue weighted by atomic mass is 16.5. The molecule has 0 saturated carbocycles. The Balaban J connectivity index is 2.33. The molecule has 0 aliphatic rings. The van der Waals surface area contributed by atoms with Gasteiger partial charge in [0.2, 0.25) is 0 Å². The Hall–Kier alpha value is -1.77. The van der Waals surface area contributed by atoms with Gasteiger partial charge in [-0.15, -0.1) is 0 Å². The zero-order valence-corrected chi connectivity index (χ0v) is 7.23. The summed E-state index contributed by atoms with van der Waals surface area (Å²) in [5.74, 6) is 0.840. The fraction of sp³-hybridized carbons (Fsp3) is 0.100. The lowest BCUT2D eigenvalue weighted by molar-refractivity contribution is 0.415. The number of hydrogen-bond acceptors (Lipinski definition) is 3. The van der Waals surface area contributed by atoms with Gasteiger partial charge in [-0.3, -0.25) is 0 Å². The molecule has 1 aromatic heterocycles. The molecule has 13 heavy (non-hydrogen) atoms. The number of nitrogens with zero attached hydrogens (tertiary/aromatic N) is 1. The molecule has 1 heterocycles. The summed E-state index contributed by atoms with van der Waals surface area (Å²) in [4.78, 5) is 4.03. The summed E-state index contributed by atoms with van der Waals surface area (Å²) in [6, 6.07) is 7.67. The highest BCUT2D eigenvalue weighted by Gasteiger charge is 1.99. The summed E-state index contributed by atoms with van der Waals surface area (Å²) in [5, 5.41) is 0. The third kappa shape index (κ3) is 1.54. The van der Waals surface area contributed by atoms with E-state index in [0.717, 1.165) is 17.0 Å². The second-order valence-electron chi connectivity index (χ2n) is 2.60. The smallest absolute Gasteiger partial charge is 0.181 e. The van der Waals surface area contributed by atoms with E-state index in [1.54, 1.807) is 13.4 Å². The van der Waals surface area contributed by atoms with Gasteiger partial charge in [0, 0.05) is 5.56 Å². The first-order valence-electron chi connectivity index (χ1n) is 3.93. The first-order valence-corrected chi connectivity index (χ1v) is 3.93. The lowest BCUT2D eigenvalue weighted by Crippen LogP contribution is -1.82. The van der Waals surface area contributed by atoms with Crippen LogP contribution < -0.4 is 4.74 Å². The van der Waals surface area contributed by atoms with E-state index in [4.69, 9.17) is 9.15 Å². The molecule has 0 N–H and O–H groups in total. The van der Waals surface area contributed by atoms with Crippen molar-refractivity contribution in [3.63, 3.8) is 0 Å². The van der Waals surface area contributed by atoms with Crippen molar-refractivity contribution < 1.29 is 9.15 Å². The Labute approximate surface area is 76.0 Å². The molecule has 0 amide bonds. The quantitative estimate of drug-likeness (QED) is 0.702. The molecule has 0 unspecified atom stereocenters. The third-order valence-corrected chi connectivity index (χ3v) is 1.82. The first-order chi connectivity index (χ1) is 6.40. The predicted molar refractivity (Wildman–Crippen MR) is 48.5 cm³/mol. The molecule has 0 bridgehead atoms. The van der Waals surface area contributed by atoms with Gasteiger partial charge in [-0.25, -0.2) is 4.98 Å². The molecule has 0 aliphatic carbocycles. The van der Waals surface area contributed by atoms with Crippen LogP contribution in [0.2, 0.25) is 0 Å². The Morgan fingerprint density at radius 2 is 2.00 bits per heavy atom. The van der Waals surface area contributed by atoms with E-state index in [-0.39, 0.29) is 0 Å². The normalized spacial score (nSPS) is 9.92. The zero-order chi connectivity index (χ0) is 9.10. The van der Waals surface area contributed by atoms with Crippen molar-refractivity contribution in [2.75, 3.05) is 7.11 Å². The van der Waals surface area contributed by atoms with E-state index >= 15 is 0 Å². The maximum absolute atomic E-state index is 5.04. The van der Waals surface area contributed by atoms with Gasteiger partial charge in [-0.2, -0.15) is 0 Å². The van der Waals surface area contributed by atoms with E-state index < -0.39 is 0 Å². The van der Waals surface area contributed by atoms with Gasteiger partial charge in [-0.1, -0.05) is 0 Å². The van der Waals surface area contributed by atoms with E-state index in [2.05, 4.69) is 4.98 Å². The van der Waals surface area contributed by atoms with Crippen LogP contribution in [0.1, 0.15) is 0 Å². The van der Waals surface area contributed by atoms with Crippen LogP contribution in [-0.2, 0) is 0 Å². The summed E-state index contributed by atoms with van der Waals surface area (Å²) in [5.41, 5.74) is 1.86. The van der Waals surface area contributed by atoms with Crippen LogP contribution in [0.25, 0.3) is 11.3 Å². The fourth-order valence-electron chi connectivity index (χ4n) is 1.12. The maximum atomic E-state index is 5.04. The number of aromatic nitrogens is 1. The van der Waals surface area contributed by atoms with Gasteiger partial charge in [0.05, 0.1) is 7.11 Å². The zero-order valence-electron chi connectivity index (χ0n) is 7.23. The molecule has 1 aromatic carbocycles. The fourth-order valence-corrected chi connectivity index (χ4v) is 1.12. The molecule has 3 heteroatoms. The Morgan fingerprint density at radius 3 is 2.54 bits per heavy atom. The van der Waals surface area contributed by atoms with Crippen LogP contribution in [0.5, 0.6) is 5.75 Å². The van der Waals surface area contributed by atoms with Crippen molar-refractivity contribution in [2.24, 2.45) is 0 Å². The summed E-state index contributed by atoms with van der Waals surface area (Å²) < 4.78 is 9.93. The van der Waals surface area contributed by atoms with Crippen LogP contribution >= 0.6 is 0 Å². The van der Waals surface area contributed by atoms with Gasteiger partial charge in [0.25, 0.3) is 0 Å². The van der Waals surface area contributed by atoms with Gasteiger partial charge in [-0.05, 0) is 24.3 Å².